The molecule has 3 amide bonds. The lowest BCUT2D eigenvalue weighted by Crippen LogP contribution is -2.32. The van der Waals surface area contributed by atoms with Crippen LogP contribution >= 0.6 is 22.9 Å². The maximum absolute atomic E-state index is 12.9. The number of aryl methyl sites for hydroxylation is 1. The summed E-state index contributed by atoms with van der Waals surface area (Å²) >= 11 is 7.50. The van der Waals surface area contributed by atoms with Crippen LogP contribution in [0.25, 0.3) is 0 Å². The maximum Gasteiger partial charge on any atom is 0.283 e. The Hall–Kier alpha value is -3.69. The summed E-state index contributed by atoms with van der Waals surface area (Å²) in [6.45, 7) is 1.84. The van der Waals surface area contributed by atoms with Crippen LogP contribution in [0.2, 0.25) is 0 Å². The zero-order valence-electron chi connectivity index (χ0n) is 17.0. The molecular weight excluding hydrogens is 452 g/mol. The Morgan fingerprint density at radius 2 is 1.75 bits per heavy atom. The molecule has 32 heavy (non-hydrogen) atoms. The number of halogens is 1. The zero-order valence-corrected chi connectivity index (χ0v) is 18.6. The van der Waals surface area contributed by atoms with Crippen molar-refractivity contribution in [2.75, 3.05) is 22.6 Å². The van der Waals surface area contributed by atoms with Gasteiger partial charge in [0.25, 0.3) is 17.7 Å². The van der Waals surface area contributed by atoms with E-state index in [1.54, 1.807) is 48.5 Å². The van der Waals surface area contributed by atoms with Gasteiger partial charge in [0.15, 0.2) is 5.13 Å². The molecule has 0 saturated carbocycles. The number of carbonyl (C=O) groups excluding carboxylic acids is 3. The summed E-state index contributed by atoms with van der Waals surface area (Å²) in [6, 6.07) is 12.9. The number of benzene rings is 2. The number of carbonyl (C=O) groups is 3. The van der Waals surface area contributed by atoms with E-state index < -0.39 is 11.8 Å². The predicted octanol–water partition coefficient (Wildman–Crippen LogP) is 4.15. The third kappa shape index (κ3) is 4.20. The van der Waals surface area contributed by atoms with Crippen LogP contribution in [0, 0.1) is 6.92 Å². The smallest absolute Gasteiger partial charge is 0.283 e. The summed E-state index contributed by atoms with van der Waals surface area (Å²) in [5.41, 5.74) is 2.08. The molecule has 0 unspecified atom stereocenters. The van der Waals surface area contributed by atoms with E-state index in [1.807, 2.05) is 12.3 Å². The number of thiazole rings is 1. The molecular formula is C22H17ClN4O4S. The van der Waals surface area contributed by atoms with Crippen molar-refractivity contribution in [2.24, 2.45) is 0 Å². The van der Waals surface area contributed by atoms with Gasteiger partial charge in [0.2, 0.25) is 0 Å². The van der Waals surface area contributed by atoms with Crippen LogP contribution in [0.3, 0.4) is 0 Å². The molecule has 0 atom stereocenters. The number of amides is 3. The Bertz CT molecular complexity index is 1240. The van der Waals surface area contributed by atoms with Gasteiger partial charge in [-0.05, 0) is 55.5 Å². The molecule has 4 rings (SSSR count). The van der Waals surface area contributed by atoms with Gasteiger partial charge in [0.1, 0.15) is 16.5 Å². The summed E-state index contributed by atoms with van der Waals surface area (Å²) in [6.07, 6.45) is 0. The van der Waals surface area contributed by atoms with Crippen LogP contribution in [0.1, 0.15) is 16.1 Å². The van der Waals surface area contributed by atoms with Crippen molar-refractivity contribution >= 4 is 57.2 Å². The fraction of sp³-hybridized carbons (Fsp3) is 0.0909. The highest BCUT2D eigenvalue weighted by Gasteiger charge is 2.38. The fourth-order valence-corrected chi connectivity index (χ4v) is 3.90. The third-order valence-corrected chi connectivity index (χ3v) is 5.84. The molecule has 2 aromatic carbocycles. The summed E-state index contributed by atoms with van der Waals surface area (Å²) < 4.78 is 5.10. The van der Waals surface area contributed by atoms with Gasteiger partial charge in [0.05, 0.1) is 18.5 Å². The van der Waals surface area contributed by atoms with Crippen molar-refractivity contribution < 1.29 is 19.1 Å². The Morgan fingerprint density at radius 3 is 2.34 bits per heavy atom. The van der Waals surface area contributed by atoms with Gasteiger partial charge in [-0.2, -0.15) is 0 Å². The number of nitrogens with zero attached hydrogens (tertiary/aromatic N) is 2. The topological polar surface area (TPSA) is 101 Å². The number of methoxy groups -OCH3 is 1. The number of nitrogens with one attached hydrogen (secondary N) is 2. The highest BCUT2D eigenvalue weighted by molar-refractivity contribution is 7.13. The minimum Gasteiger partial charge on any atom is -0.497 e. The molecule has 0 spiro atoms. The minimum atomic E-state index is -0.626. The van der Waals surface area contributed by atoms with E-state index in [2.05, 4.69) is 15.6 Å². The molecule has 8 nitrogen and oxygen atoms in total. The van der Waals surface area contributed by atoms with Gasteiger partial charge in [-0.1, -0.05) is 11.6 Å². The first-order chi connectivity index (χ1) is 15.4. The highest BCUT2D eigenvalue weighted by atomic mass is 35.5. The van der Waals surface area contributed by atoms with E-state index >= 15 is 0 Å². The number of hydrogen-bond donors (Lipinski definition) is 2. The van der Waals surface area contributed by atoms with E-state index in [4.69, 9.17) is 16.3 Å². The molecule has 0 aliphatic carbocycles. The van der Waals surface area contributed by atoms with E-state index in [0.717, 1.165) is 10.6 Å². The van der Waals surface area contributed by atoms with Gasteiger partial charge < -0.3 is 10.1 Å². The molecule has 0 radical (unpaired) electrons. The molecule has 1 aliphatic rings. The van der Waals surface area contributed by atoms with Crippen LogP contribution in [-0.4, -0.2) is 29.8 Å². The van der Waals surface area contributed by atoms with Gasteiger partial charge >= 0.3 is 0 Å². The Labute approximate surface area is 192 Å². The number of aromatic nitrogens is 1. The number of imide groups is 1. The lowest BCUT2D eigenvalue weighted by Gasteiger charge is -2.15. The normalized spacial score (nSPS) is 13.5. The second-order valence-electron chi connectivity index (χ2n) is 6.78. The molecule has 2 heterocycles. The minimum absolute atomic E-state index is 0.0389. The Balaban J connectivity index is 1.47. The SMILES string of the molecule is COc1ccc(N2C(=O)C(Cl)=C(Nc3ccc(C(=O)Nc4nc(C)cs4)cc3)C2=O)cc1. The van der Waals surface area contributed by atoms with Crippen LogP contribution in [-0.2, 0) is 9.59 Å². The first kappa shape index (κ1) is 21.5. The van der Waals surface area contributed by atoms with Crippen molar-refractivity contribution in [1.29, 1.82) is 0 Å². The van der Waals surface area contributed by atoms with Gasteiger partial charge in [-0.15, -0.1) is 11.3 Å². The van der Waals surface area contributed by atoms with Crippen LogP contribution in [0.5, 0.6) is 5.75 Å². The standard InChI is InChI=1S/C22H17ClN4O4S/c1-12-11-32-22(24-12)26-19(28)13-3-5-14(6-4-13)25-18-17(23)20(29)27(21(18)30)15-7-9-16(31-2)10-8-15/h3-11,25H,1-2H3,(H,24,26,28). The molecule has 0 bridgehead atoms. The first-order valence-corrected chi connectivity index (χ1v) is 10.7. The van der Waals surface area contributed by atoms with E-state index in [1.165, 1.54) is 18.4 Å². The average molecular weight is 469 g/mol. The van der Waals surface area contributed by atoms with Crippen LogP contribution in [0.15, 0.2) is 64.6 Å². The molecule has 162 valence electrons. The van der Waals surface area contributed by atoms with E-state index in [0.29, 0.717) is 27.8 Å². The van der Waals surface area contributed by atoms with Gasteiger partial charge in [-0.25, -0.2) is 9.88 Å². The van der Waals surface area contributed by atoms with Crippen molar-refractivity contribution in [3.8, 4) is 5.75 Å². The predicted molar refractivity (Wildman–Crippen MR) is 123 cm³/mol. The van der Waals surface area contributed by atoms with Crippen molar-refractivity contribution in [3.05, 3.63) is 75.9 Å². The number of anilines is 3. The van der Waals surface area contributed by atoms with Crippen LogP contribution in [0.4, 0.5) is 16.5 Å². The lowest BCUT2D eigenvalue weighted by molar-refractivity contribution is -0.120. The zero-order chi connectivity index (χ0) is 22.8. The second-order valence-corrected chi connectivity index (χ2v) is 8.02. The second kappa shape index (κ2) is 8.81. The summed E-state index contributed by atoms with van der Waals surface area (Å²) in [5, 5.41) is 7.75. The summed E-state index contributed by atoms with van der Waals surface area (Å²) in [5.74, 6) is -0.912. The molecule has 3 aromatic rings. The molecule has 10 heteroatoms. The molecule has 1 aromatic heterocycles. The number of rotatable bonds is 6. The average Bonchev–Trinajstić information content (AvgIpc) is 3.30. The number of ether oxygens (including phenoxy) is 1. The summed E-state index contributed by atoms with van der Waals surface area (Å²) in [7, 11) is 1.52. The van der Waals surface area contributed by atoms with E-state index in [-0.39, 0.29) is 16.6 Å². The van der Waals surface area contributed by atoms with Crippen LogP contribution < -0.4 is 20.3 Å². The third-order valence-electron chi connectivity index (χ3n) is 4.61. The quantitative estimate of drug-likeness (QED) is 0.527. The van der Waals surface area contributed by atoms with Crippen molar-refractivity contribution in [3.63, 3.8) is 0 Å². The van der Waals surface area contributed by atoms with Gasteiger partial charge in [-0.3, -0.25) is 19.7 Å². The molecule has 2 N–H and O–H groups in total. The molecule has 0 fully saturated rings. The van der Waals surface area contributed by atoms with Gasteiger partial charge in [0, 0.05) is 16.6 Å². The largest absolute Gasteiger partial charge is 0.497 e. The Kier molecular flexibility index (Phi) is 5.93. The number of hydrogen-bond acceptors (Lipinski definition) is 7. The van der Waals surface area contributed by atoms with Crippen molar-refractivity contribution in [2.45, 2.75) is 6.92 Å². The first-order valence-electron chi connectivity index (χ1n) is 9.40. The summed E-state index contributed by atoms with van der Waals surface area (Å²) in [4.78, 5) is 43.0. The highest BCUT2D eigenvalue weighted by Crippen LogP contribution is 2.31. The fourth-order valence-electron chi connectivity index (χ4n) is 3.01. The Morgan fingerprint density at radius 1 is 1.06 bits per heavy atom. The lowest BCUT2D eigenvalue weighted by atomic mass is 10.2. The molecule has 1 aliphatic heterocycles. The van der Waals surface area contributed by atoms with E-state index in [9.17, 15) is 14.4 Å². The van der Waals surface area contributed by atoms with Crippen molar-refractivity contribution in [1.82, 2.24) is 4.98 Å². The molecule has 0 saturated heterocycles. The maximum atomic E-state index is 12.9. The monoisotopic (exact) mass is 468 g/mol.